The number of likely N-dealkylation sites (N-methyl/N-ethyl adjacent to an activating group) is 1. The van der Waals surface area contributed by atoms with E-state index in [1.807, 2.05) is 4.90 Å². The molecule has 6 nitrogen and oxygen atoms in total. The highest BCUT2D eigenvalue weighted by Crippen LogP contribution is 2.38. The first kappa shape index (κ1) is 17.9. The maximum atomic E-state index is 12.8. The van der Waals surface area contributed by atoms with Gasteiger partial charge in [-0.3, -0.25) is 9.78 Å². The van der Waals surface area contributed by atoms with Crippen LogP contribution in [-0.2, 0) is 4.74 Å². The molecule has 1 aromatic heterocycles. The van der Waals surface area contributed by atoms with Gasteiger partial charge in [-0.1, -0.05) is 0 Å². The second-order valence-corrected chi connectivity index (χ2v) is 8.23. The molecule has 0 aromatic carbocycles. The Hall–Kier alpha value is -1.50. The van der Waals surface area contributed by atoms with Crippen LogP contribution in [0.15, 0.2) is 24.5 Å². The summed E-state index contributed by atoms with van der Waals surface area (Å²) in [5.41, 5.74) is 0.599. The van der Waals surface area contributed by atoms with Gasteiger partial charge >= 0.3 is 0 Å². The molecule has 0 unspecified atom stereocenters. The molecule has 3 aliphatic heterocycles. The zero-order chi connectivity index (χ0) is 18.0. The number of piperidine rings is 1. The van der Waals surface area contributed by atoms with Crippen molar-refractivity contribution in [1.29, 1.82) is 0 Å². The molecule has 0 radical (unpaired) electrons. The van der Waals surface area contributed by atoms with Gasteiger partial charge < -0.3 is 19.4 Å². The quantitative estimate of drug-likeness (QED) is 0.816. The summed E-state index contributed by atoms with van der Waals surface area (Å²) in [6.45, 7) is 8.17. The van der Waals surface area contributed by atoms with E-state index < -0.39 is 0 Å². The molecule has 4 rings (SSSR count). The van der Waals surface area contributed by atoms with Crippen LogP contribution in [0.1, 0.15) is 29.6 Å². The second kappa shape index (κ2) is 7.62. The van der Waals surface area contributed by atoms with Crippen molar-refractivity contribution in [2.75, 3.05) is 59.5 Å². The molecule has 0 N–H and O–H groups in total. The number of ether oxygens (including phenoxy) is 1. The van der Waals surface area contributed by atoms with Crippen molar-refractivity contribution in [3.8, 4) is 0 Å². The van der Waals surface area contributed by atoms with Gasteiger partial charge in [0.25, 0.3) is 5.91 Å². The van der Waals surface area contributed by atoms with Crippen LogP contribution in [0.4, 0.5) is 0 Å². The lowest BCUT2D eigenvalue weighted by Crippen LogP contribution is -2.50. The van der Waals surface area contributed by atoms with Crippen molar-refractivity contribution >= 4 is 5.91 Å². The highest BCUT2D eigenvalue weighted by Gasteiger charge is 2.44. The van der Waals surface area contributed by atoms with Crippen LogP contribution in [0.2, 0.25) is 0 Å². The molecular formula is C20H30N4O2. The number of carbonyl (C=O) groups excluding carboxylic acids is 1. The largest absolute Gasteiger partial charge is 0.373 e. The highest BCUT2D eigenvalue weighted by molar-refractivity contribution is 5.94. The summed E-state index contributed by atoms with van der Waals surface area (Å²) in [6, 6.07) is 3.60. The maximum Gasteiger partial charge on any atom is 0.254 e. The van der Waals surface area contributed by atoms with Crippen molar-refractivity contribution in [1.82, 2.24) is 19.7 Å². The lowest BCUT2D eigenvalue weighted by atomic mass is 9.86. The van der Waals surface area contributed by atoms with Crippen LogP contribution in [0.3, 0.4) is 0 Å². The van der Waals surface area contributed by atoms with Gasteiger partial charge in [0.2, 0.25) is 0 Å². The van der Waals surface area contributed by atoms with Crippen LogP contribution < -0.4 is 0 Å². The van der Waals surface area contributed by atoms with E-state index in [4.69, 9.17) is 4.74 Å². The smallest absolute Gasteiger partial charge is 0.254 e. The van der Waals surface area contributed by atoms with Gasteiger partial charge in [-0.2, -0.15) is 0 Å². The highest BCUT2D eigenvalue weighted by atomic mass is 16.5. The van der Waals surface area contributed by atoms with Crippen LogP contribution >= 0.6 is 0 Å². The summed E-state index contributed by atoms with van der Waals surface area (Å²) in [4.78, 5) is 23.8. The third kappa shape index (κ3) is 3.92. The number of aromatic nitrogens is 1. The van der Waals surface area contributed by atoms with E-state index in [0.29, 0.717) is 5.92 Å². The first-order chi connectivity index (χ1) is 12.6. The number of pyridine rings is 1. The number of nitrogens with zero attached hydrogens (tertiary/aromatic N) is 4. The summed E-state index contributed by atoms with van der Waals surface area (Å²) in [6.07, 6.45) is 6.56. The monoisotopic (exact) mass is 358 g/mol. The number of likely N-dealkylation sites (tertiary alicyclic amines) is 1. The summed E-state index contributed by atoms with van der Waals surface area (Å²) in [5.74, 6) is 0.701. The molecule has 3 aliphatic rings. The molecule has 6 heteroatoms. The first-order valence-electron chi connectivity index (χ1n) is 9.88. The minimum Gasteiger partial charge on any atom is -0.373 e. The Bertz CT molecular complexity index is 617. The van der Waals surface area contributed by atoms with Gasteiger partial charge in [-0.25, -0.2) is 0 Å². The van der Waals surface area contributed by atoms with Crippen molar-refractivity contribution in [3.63, 3.8) is 0 Å². The van der Waals surface area contributed by atoms with Gasteiger partial charge in [0.05, 0.1) is 12.2 Å². The predicted octanol–water partition coefficient (Wildman–Crippen LogP) is 1.34. The zero-order valence-electron chi connectivity index (χ0n) is 15.8. The van der Waals surface area contributed by atoms with E-state index in [1.54, 1.807) is 24.5 Å². The number of hydrogen-bond acceptors (Lipinski definition) is 5. The van der Waals surface area contributed by atoms with Crippen LogP contribution in [0.5, 0.6) is 0 Å². The Morgan fingerprint density at radius 3 is 2.77 bits per heavy atom. The number of amides is 1. The van der Waals surface area contributed by atoms with Gasteiger partial charge in [0.1, 0.15) is 0 Å². The predicted molar refractivity (Wildman–Crippen MR) is 100 cm³/mol. The molecule has 1 amide bonds. The average Bonchev–Trinajstić information content (AvgIpc) is 3.05. The molecular weight excluding hydrogens is 328 g/mol. The van der Waals surface area contributed by atoms with E-state index >= 15 is 0 Å². The van der Waals surface area contributed by atoms with Gasteiger partial charge in [0.15, 0.2) is 0 Å². The fourth-order valence-electron chi connectivity index (χ4n) is 4.68. The van der Waals surface area contributed by atoms with E-state index in [-0.39, 0.29) is 11.5 Å². The Morgan fingerprint density at radius 1 is 1.23 bits per heavy atom. The molecule has 3 fully saturated rings. The topological polar surface area (TPSA) is 48.9 Å². The molecule has 3 saturated heterocycles. The number of carbonyl (C=O) groups is 1. The Labute approximate surface area is 156 Å². The minimum atomic E-state index is -0.127. The van der Waals surface area contributed by atoms with Crippen molar-refractivity contribution in [3.05, 3.63) is 30.1 Å². The Kier molecular flexibility index (Phi) is 5.25. The van der Waals surface area contributed by atoms with Crippen molar-refractivity contribution in [2.45, 2.75) is 24.9 Å². The lowest BCUT2D eigenvalue weighted by Gasteiger charge is -2.40. The average molecular weight is 358 g/mol. The molecule has 1 aromatic rings. The van der Waals surface area contributed by atoms with Crippen LogP contribution in [0.25, 0.3) is 0 Å². The fraction of sp³-hybridized carbons (Fsp3) is 0.700. The normalized spacial score (nSPS) is 30.8. The van der Waals surface area contributed by atoms with E-state index in [1.165, 1.54) is 0 Å². The zero-order valence-corrected chi connectivity index (χ0v) is 15.8. The molecule has 4 heterocycles. The minimum absolute atomic E-state index is 0.109. The van der Waals surface area contributed by atoms with Gasteiger partial charge in [-0.05, 0) is 44.4 Å². The number of piperazine rings is 1. The summed E-state index contributed by atoms with van der Waals surface area (Å²) >= 11 is 0. The van der Waals surface area contributed by atoms with Gasteiger partial charge in [-0.15, -0.1) is 0 Å². The maximum absolute atomic E-state index is 12.8. The Morgan fingerprint density at radius 2 is 2.00 bits per heavy atom. The summed E-state index contributed by atoms with van der Waals surface area (Å²) < 4.78 is 6.33. The van der Waals surface area contributed by atoms with Gasteiger partial charge in [0, 0.05) is 63.8 Å². The first-order valence-corrected chi connectivity index (χ1v) is 9.88. The third-order valence-corrected chi connectivity index (χ3v) is 6.15. The molecule has 26 heavy (non-hydrogen) atoms. The molecule has 1 spiro atoms. The molecule has 2 atom stereocenters. The van der Waals surface area contributed by atoms with E-state index in [9.17, 15) is 4.79 Å². The molecule has 0 bridgehead atoms. The van der Waals surface area contributed by atoms with E-state index in [0.717, 1.165) is 77.2 Å². The SMILES string of the molecule is CN1CCN(C[C@@H]2CO[C@@]3(CCCN(C(=O)c4ccncc4)C3)C2)CC1. The van der Waals surface area contributed by atoms with Crippen molar-refractivity contribution < 1.29 is 9.53 Å². The molecule has 0 aliphatic carbocycles. The number of rotatable bonds is 3. The van der Waals surface area contributed by atoms with Crippen LogP contribution in [-0.4, -0.2) is 90.7 Å². The summed E-state index contributed by atoms with van der Waals surface area (Å²) in [5, 5.41) is 0. The number of hydrogen-bond donors (Lipinski definition) is 0. The van der Waals surface area contributed by atoms with Crippen LogP contribution in [0, 0.1) is 5.92 Å². The van der Waals surface area contributed by atoms with E-state index in [2.05, 4.69) is 21.8 Å². The molecule has 0 saturated carbocycles. The Balaban J connectivity index is 1.34. The summed E-state index contributed by atoms with van der Waals surface area (Å²) in [7, 11) is 2.20. The lowest BCUT2D eigenvalue weighted by molar-refractivity contribution is -0.0450. The fourth-order valence-corrected chi connectivity index (χ4v) is 4.68. The second-order valence-electron chi connectivity index (χ2n) is 8.23. The third-order valence-electron chi connectivity index (χ3n) is 6.15. The molecule has 142 valence electrons. The van der Waals surface area contributed by atoms with Crippen molar-refractivity contribution in [2.24, 2.45) is 5.92 Å². The standard InChI is InChI=1S/C20H30N4O2/c1-22-9-11-23(12-10-22)14-17-13-20(26-15-17)5-2-8-24(16-20)19(25)18-3-6-21-7-4-18/h3-4,6-7,17H,2,5,8-16H2,1H3/t17-,20+/m1/s1.